The lowest BCUT2D eigenvalue weighted by Crippen LogP contribution is -2.49. The van der Waals surface area contributed by atoms with Gasteiger partial charge in [-0.3, -0.25) is 10.2 Å². The molecule has 2 aliphatic rings. The topological polar surface area (TPSA) is 129 Å². The number of aromatic nitrogens is 1. The Hall–Kier alpha value is -3.72. The molecule has 1 fully saturated rings. The highest BCUT2D eigenvalue weighted by Crippen LogP contribution is 2.35. The molecule has 12 nitrogen and oxygen atoms in total. The van der Waals surface area contributed by atoms with Gasteiger partial charge >= 0.3 is 0 Å². The Bertz CT molecular complexity index is 1390. The molecule has 0 spiro atoms. The van der Waals surface area contributed by atoms with Crippen LogP contribution in [0.1, 0.15) is 17.4 Å². The molecule has 0 radical (unpaired) electrons. The highest BCUT2D eigenvalue weighted by Gasteiger charge is 2.46. The largest absolute Gasteiger partial charge is 0.341 e. The average molecular weight is 603 g/mol. The average Bonchev–Trinajstić information content (AvgIpc) is 3.47. The highest BCUT2D eigenvalue weighted by atomic mass is 35.5. The number of thioether (sulfide) groups is 1. The number of aliphatic imine (C=N–C) groups is 1. The molecule has 15 heteroatoms. The van der Waals surface area contributed by atoms with Crippen molar-refractivity contribution in [3.8, 4) is 0 Å². The van der Waals surface area contributed by atoms with Crippen LogP contribution in [-0.2, 0) is 21.6 Å². The van der Waals surface area contributed by atoms with Crippen LogP contribution in [0.25, 0.3) is 0 Å². The Morgan fingerprint density at radius 1 is 1.20 bits per heavy atom. The minimum Gasteiger partial charge on any atom is -0.341 e. The number of hydrogen-bond donors (Lipinski definition) is 1. The van der Waals surface area contributed by atoms with Crippen LogP contribution in [0.3, 0.4) is 0 Å². The van der Waals surface area contributed by atoms with Crippen molar-refractivity contribution in [1.82, 2.24) is 19.8 Å². The van der Waals surface area contributed by atoms with Gasteiger partial charge in [-0.2, -0.15) is 5.01 Å². The summed E-state index contributed by atoms with van der Waals surface area (Å²) < 4.78 is 5.72. The van der Waals surface area contributed by atoms with Gasteiger partial charge in [-0.25, -0.2) is 20.1 Å². The van der Waals surface area contributed by atoms with Crippen molar-refractivity contribution in [2.75, 3.05) is 32.2 Å². The van der Waals surface area contributed by atoms with Crippen LogP contribution in [-0.4, -0.2) is 68.6 Å². The van der Waals surface area contributed by atoms with E-state index in [0.29, 0.717) is 16.2 Å². The highest BCUT2D eigenvalue weighted by molar-refractivity contribution is 8.13. The molecule has 0 saturated carbocycles. The molecule has 5 rings (SSSR count). The fraction of sp³-hybridized carbons (Fsp3) is 0.280. The van der Waals surface area contributed by atoms with Crippen molar-refractivity contribution < 1.29 is 14.6 Å². The molecule has 0 unspecified atom stereocenters. The summed E-state index contributed by atoms with van der Waals surface area (Å²) in [6.45, 7) is 2.79. The van der Waals surface area contributed by atoms with Gasteiger partial charge in [-0.1, -0.05) is 71.9 Å². The van der Waals surface area contributed by atoms with Gasteiger partial charge in [-0.05, 0) is 30.9 Å². The van der Waals surface area contributed by atoms with E-state index >= 15 is 0 Å². The van der Waals surface area contributed by atoms with Crippen molar-refractivity contribution in [2.24, 2.45) is 10.1 Å². The predicted octanol–water partition coefficient (Wildman–Crippen LogP) is 4.51. The van der Waals surface area contributed by atoms with Gasteiger partial charge in [0.1, 0.15) is 18.6 Å². The minimum absolute atomic E-state index is 0.0769. The molecule has 1 atom stereocenters. The van der Waals surface area contributed by atoms with E-state index in [1.165, 1.54) is 28.1 Å². The molecule has 40 heavy (non-hydrogen) atoms. The van der Waals surface area contributed by atoms with E-state index < -0.39 is 10.6 Å². The second-order valence-electron chi connectivity index (χ2n) is 8.73. The number of nitro groups is 1. The molecule has 3 heterocycles. The van der Waals surface area contributed by atoms with Gasteiger partial charge in [-0.15, -0.1) is 11.3 Å². The second kappa shape index (κ2) is 13.1. The number of anilines is 1. The first-order chi connectivity index (χ1) is 19.2. The summed E-state index contributed by atoms with van der Waals surface area (Å²) in [6.07, 6.45) is 3.55. The molecule has 3 aromatic rings. The number of carbonyl (C=O) groups excluding carboxylic acids is 1. The van der Waals surface area contributed by atoms with E-state index in [2.05, 4.69) is 20.5 Å². The summed E-state index contributed by atoms with van der Waals surface area (Å²) in [4.78, 5) is 36.1. The van der Waals surface area contributed by atoms with E-state index in [9.17, 15) is 14.9 Å². The number of para-hydroxylation sites is 1. The van der Waals surface area contributed by atoms with Crippen LogP contribution in [0.15, 0.2) is 77.0 Å². The molecule has 1 saturated heterocycles. The van der Waals surface area contributed by atoms with Crippen LogP contribution in [0.2, 0.25) is 4.47 Å². The number of hydrazone groups is 1. The fourth-order valence-electron chi connectivity index (χ4n) is 3.94. The summed E-state index contributed by atoms with van der Waals surface area (Å²) in [5, 5.41) is 15.4. The second-order valence-corrected chi connectivity index (χ2v) is 11.2. The number of amides is 1. The Morgan fingerprint density at radius 2 is 1.88 bits per heavy atom. The third kappa shape index (κ3) is 6.88. The maximum atomic E-state index is 12.9. The number of thiazole rings is 1. The maximum Gasteiger partial charge on any atom is 0.279 e. The molecule has 2 aliphatic heterocycles. The maximum absolute atomic E-state index is 12.9. The van der Waals surface area contributed by atoms with Crippen LogP contribution < -0.4 is 5.43 Å². The minimum atomic E-state index is -0.888. The van der Waals surface area contributed by atoms with E-state index in [1.807, 2.05) is 73.8 Å². The zero-order valence-corrected chi connectivity index (χ0v) is 24.3. The first-order valence-electron chi connectivity index (χ1n) is 11.9. The van der Waals surface area contributed by atoms with Crippen molar-refractivity contribution in [3.05, 3.63) is 91.9 Å². The van der Waals surface area contributed by atoms with Crippen LogP contribution in [0.5, 0.6) is 0 Å². The number of halogens is 1. The predicted molar refractivity (Wildman–Crippen MR) is 157 cm³/mol. The van der Waals surface area contributed by atoms with E-state index in [-0.39, 0.29) is 25.3 Å². The molecule has 210 valence electrons. The molecule has 1 N–H and O–H groups in total. The molecular weight excluding hydrogens is 576 g/mol. The number of benzene rings is 2. The summed E-state index contributed by atoms with van der Waals surface area (Å²) in [5.41, 5.74) is 4.01. The van der Waals surface area contributed by atoms with Gasteiger partial charge < -0.3 is 14.5 Å². The summed E-state index contributed by atoms with van der Waals surface area (Å²) in [7, 11) is 1.67. The van der Waals surface area contributed by atoms with E-state index in [4.69, 9.17) is 16.3 Å². The Kier molecular flexibility index (Phi) is 9.58. The van der Waals surface area contributed by atoms with E-state index in [0.717, 1.165) is 16.1 Å². The lowest BCUT2D eigenvalue weighted by Gasteiger charge is -2.34. The van der Waals surface area contributed by atoms with Crippen molar-refractivity contribution >= 4 is 57.4 Å². The number of nitrogens with one attached hydrogen (secondary N) is 1. The summed E-state index contributed by atoms with van der Waals surface area (Å²) in [6, 6.07) is 19.3. The molecule has 2 aromatic carbocycles. The number of hydrazine groups is 1. The summed E-state index contributed by atoms with van der Waals surface area (Å²) in [5.74, 6) is 0.183. The lowest BCUT2D eigenvalue weighted by molar-refractivity contribution is -0.486. The normalized spacial score (nSPS) is 19.8. The van der Waals surface area contributed by atoms with E-state index in [1.54, 1.807) is 23.0 Å². The lowest BCUT2D eigenvalue weighted by atomic mass is 9.92. The van der Waals surface area contributed by atoms with Crippen molar-refractivity contribution in [3.63, 3.8) is 0 Å². The third-order valence-electron chi connectivity index (χ3n) is 5.86. The number of carbonyl (C=O) groups is 1. The standard InChI is InChI=1S/C17H17N3OS.C8H10ClN5O3S/c1-17(13-9-5-3-6-10-13)15(21)20(16(18-17)22-2)19-14-11-7-4-8-12-14;1-12-4-17-5-13(8(12)11-14(15)16)3-6-2-10-7(9)18-6/h3-12,19H,1-2H3;2H,3-5H2,1H3/b;11-8+/t17-;/m0./s1. The monoisotopic (exact) mass is 602 g/mol. The molecular formula is C25H27ClN8O4S2. The van der Waals surface area contributed by atoms with Crippen LogP contribution >= 0.6 is 34.7 Å². The van der Waals surface area contributed by atoms with Crippen LogP contribution in [0.4, 0.5) is 5.69 Å². The number of amidine groups is 1. The smallest absolute Gasteiger partial charge is 0.279 e. The molecule has 0 aliphatic carbocycles. The van der Waals surface area contributed by atoms with Gasteiger partial charge in [0.15, 0.2) is 20.2 Å². The van der Waals surface area contributed by atoms with Gasteiger partial charge in [0.05, 0.1) is 12.2 Å². The number of rotatable bonds is 6. The number of guanidine groups is 1. The van der Waals surface area contributed by atoms with Crippen molar-refractivity contribution in [2.45, 2.75) is 19.0 Å². The fourth-order valence-corrected chi connectivity index (χ4v) is 5.52. The zero-order valence-electron chi connectivity index (χ0n) is 21.9. The zero-order chi connectivity index (χ0) is 28.7. The number of nitrogens with zero attached hydrogens (tertiary/aromatic N) is 7. The Morgan fingerprint density at radius 3 is 2.48 bits per heavy atom. The third-order valence-corrected chi connectivity index (χ3v) is 7.60. The first kappa shape index (κ1) is 29.3. The SMILES string of the molecule is CN1COCN(Cc2cnc(Cl)s2)/C1=N/[N+](=O)[O-].CSC1=N[C@@](C)(c2ccccc2)C(=O)N1Nc1ccccc1. The number of hydrogen-bond acceptors (Lipinski definition) is 9. The molecule has 1 amide bonds. The Labute approximate surface area is 244 Å². The quantitative estimate of drug-likeness (QED) is 0.320. The first-order valence-corrected chi connectivity index (χ1v) is 14.4. The summed E-state index contributed by atoms with van der Waals surface area (Å²) >= 11 is 8.51. The van der Waals surface area contributed by atoms with Crippen LogP contribution in [0, 0.1) is 10.1 Å². The van der Waals surface area contributed by atoms with Crippen molar-refractivity contribution in [1.29, 1.82) is 0 Å². The van der Waals surface area contributed by atoms with Gasteiger partial charge in [0.25, 0.3) is 11.9 Å². The Balaban J connectivity index is 0.000000189. The van der Waals surface area contributed by atoms with Gasteiger partial charge in [0.2, 0.25) is 0 Å². The molecule has 1 aromatic heterocycles. The number of ether oxygens (including phenoxy) is 1. The van der Waals surface area contributed by atoms with Gasteiger partial charge in [0, 0.05) is 18.1 Å². The molecule has 0 bridgehead atoms.